The average molecular weight is 585 g/mol. The number of likely N-dealkylation sites (tertiary alicyclic amines) is 1. The fourth-order valence-electron chi connectivity index (χ4n) is 3.60. The largest absolute Gasteiger partial charge is 0.612 e. The summed E-state index contributed by atoms with van der Waals surface area (Å²) in [4.78, 5) is 23.8. The van der Waals surface area contributed by atoms with Gasteiger partial charge in [0, 0.05) is 36.1 Å². The van der Waals surface area contributed by atoms with Crippen LogP contribution in [-0.4, -0.2) is 56.8 Å². The summed E-state index contributed by atoms with van der Waals surface area (Å²) in [6.07, 6.45) is 4.43. The van der Waals surface area contributed by atoms with E-state index in [1.807, 2.05) is 30.3 Å². The Hall–Kier alpha value is -1.72. The first kappa shape index (κ1) is 25.4. The summed E-state index contributed by atoms with van der Waals surface area (Å²) in [6, 6.07) is 11.1. The van der Waals surface area contributed by atoms with Crippen molar-refractivity contribution >= 4 is 56.6 Å². The lowest BCUT2D eigenvalue weighted by Crippen LogP contribution is -2.38. The normalized spacial score (nSPS) is 15.4. The van der Waals surface area contributed by atoms with Crippen molar-refractivity contribution in [3.8, 4) is 11.3 Å². The second-order valence-electron chi connectivity index (χ2n) is 7.65. The molecule has 0 N–H and O–H groups in total. The summed E-state index contributed by atoms with van der Waals surface area (Å²) in [6.45, 7) is 1.52. The number of carbonyl (C=O) groups excluding carboxylic acids is 1. The molecule has 4 rings (SSSR count). The number of carbonyl (C=O) groups is 1. The number of pyridine rings is 1. The van der Waals surface area contributed by atoms with E-state index in [-0.39, 0.29) is 12.0 Å². The Balaban J connectivity index is 1.56. The highest BCUT2D eigenvalue weighted by molar-refractivity contribution is 9.09. The van der Waals surface area contributed by atoms with Gasteiger partial charge >= 0.3 is 6.09 Å². The molecule has 1 atom stereocenters. The molecule has 3 heterocycles. The Kier molecular flexibility index (Phi) is 8.81. The van der Waals surface area contributed by atoms with Crippen LogP contribution in [0, 0.1) is 0 Å². The van der Waals surface area contributed by atoms with Crippen LogP contribution in [0.3, 0.4) is 0 Å². The first-order chi connectivity index (χ1) is 16.4. The van der Waals surface area contributed by atoms with Crippen molar-refractivity contribution in [2.45, 2.75) is 33.8 Å². The van der Waals surface area contributed by atoms with Crippen LogP contribution >= 0.6 is 39.3 Å². The van der Waals surface area contributed by atoms with E-state index in [0.717, 1.165) is 28.3 Å². The van der Waals surface area contributed by atoms with Crippen LogP contribution in [0.25, 0.3) is 11.3 Å². The molecule has 1 unspecified atom stereocenters. The number of benzene rings is 1. The van der Waals surface area contributed by atoms with Crippen molar-refractivity contribution in [1.82, 2.24) is 14.9 Å². The van der Waals surface area contributed by atoms with E-state index in [9.17, 15) is 9.35 Å². The van der Waals surface area contributed by atoms with Crippen LogP contribution in [0.4, 0.5) is 4.79 Å². The van der Waals surface area contributed by atoms with Gasteiger partial charge in [-0.1, -0.05) is 27.5 Å². The molecule has 34 heavy (non-hydrogen) atoms. The Bertz CT molecular complexity index is 1100. The maximum Gasteiger partial charge on any atom is 0.409 e. The van der Waals surface area contributed by atoms with Crippen LogP contribution in [-0.2, 0) is 15.9 Å². The topological polar surface area (TPSA) is 91.5 Å². The molecule has 180 valence electrons. The highest BCUT2D eigenvalue weighted by Crippen LogP contribution is 2.39. The Morgan fingerprint density at radius 3 is 2.65 bits per heavy atom. The minimum absolute atomic E-state index is 0.0916. The molecule has 0 bridgehead atoms. The first-order valence-electron chi connectivity index (χ1n) is 10.7. The predicted molar refractivity (Wildman–Crippen MR) is 136 cm³/mol. The van der Waals surface area contributed by atoms with Crippen molar-refractivity contribution in [3.05, 3.63) is 53.5 Å². The number of ether oxygens (including phenoxy) is 1. The molecule has 7 nitrogen and oxygen atoms in total. The number of nitrogens with zero attached hydrogens (tertiary/aromatic N) is 3. The Morgan fingerprint density at radius 1 is 1.29 bits per heavy atom. The third-order valence-electron chi connectivity index (χ3n) is 5.37. The van der Waals surface area contributed by atoms with Crippen LogP contribution < -0.4 is 0 Å². The summed E-state index contributed by atoms with van der Waals surface area (Å²) in [5.41, 5.74) is 1.58. The lowest BCUT2D eigenvalue weighted by atomic mass is 9.97. The van der Waals surface area contributed by atoms with Crippen LogP contribution in [0.1, 0.15) is 24.7 Å². The van der Waals surface area contributed by atoms with Gasteiger partial charge in [-0.05, 0) is 72.2 Å². The van der Waals surface area contributed by atoms with Gasteiger partial charge in [-0.3, -0.25) is 0 Å². The number of oxazole rings is 1. The predicted octanol–water partition coefficient (Wildman–Crippen LogP) is 5.99. The molecule has 0 radical (unpaired) electrons. The quantitative estimate of drug-likeness (QED) is 0.249. The van der Waals surface area contributed by atoms with Crippen molar-refractivity contribution in [1.29, 1.82) is 0 Å². The number of rotatable bonds is 7. The maximum absolute atomic E-state index is 12.1. The highest BCUT2D eigenvalue weighted by Gasteiger charge is 2.29. The number of hydrogen-bond donors (Lipinski definition) is 0. The molecule has 1 aliphatic rings. The molecule has 1 amide bonds. The van der Waals surface area contributed by atoms with Crippen LogP contribution in [0.15, 0.2) is 62.0 Å². The fraction of sp³-hybridized carbons (Fsp3) is 0.348. The smallest absolute Gasteiger partial charge is 0.409 e. The molecule has 1 aliphatic heterocycles. The first-order valence-corrected chi connectivity index (χ1v) is 14.5. The van der Waals surface area contributed by atoms with E-state index < -0.39 is 11.2 Å². The monoisotopic (exact) mass is 583 g/mol. The van der Waals surface area contributed by atoms with Crippen LogP contribution in [0.2, 0.25) is 5.02 Å². The molecule has 1 aromatic carbocycles. The molecule has 1 fully saturated rings. The summed E-state index contributed by atoms with van der Waals surface area (Å²) in [5.74, 6) is 0.733. The number of amides is 1. The second-order valence-corrected chi connectivity index (χ2v) is 11.3. The molecule has 1 saturated heterocycles. The molecule has 0 aliphatic carbocycles. The third kappa shape index (κ3) is 6.28. The van der Waals surface area contributed by atoms with Crippen molar-refractivity contribution in [3.63, 3.8) is 0 Å². The third-order valence-corrected chi connectivity index (χ3v) is 7.77. The summed E-state index contributed by atoms with van der Waals surface area (Å²) in [5, 5.41) is 2.55. The molecule has 2 aromatic heterocycles. The Labute approximate surface area is 218 Å². The van der Waals surface area contributed by atoms with Gasteiger partial charge in [0.25, 0.3) is 0 Å². The molecular formula is C23H23BrClN3O4S2. The SMILES string of the molecule is C[S+]([O-])c1ccc(-c2nc(C3CCN(C(=O)OCCBr)CC3)oc2Sc2ccc(Cl)cn2)cc1. The number of aromatic nitrogens is 2. The molecule has 11 heteroatoms. The van der Waals surface area contributed by atoms with Gasteiger partial charge in [0.2, 0.25) is 0 Å². The van der Waals surface area contributed by atoms with E-state index >= 15 is 0 Å². The van der Waals surface area contributed by atoms with Gasteiger partial charge in [0.1, 0.15) is 23.6 Å². The number of alkyl halides is 1. The number of piperidine rings is 1. The Morgan fingerprint density at radius 2 is 2.03 bits per heavy atom. The molecular weight excluding hydrogens is 562 g/mol. The lowest BCUT2D eigenvalue weighted by molar-refractivity contribution is 0.0961. The molecule has 0 spiro atoms. The zero-order chi connectivity index (χ0) is 24.1. The van der Waals surface area contributed by atoms with E-state index in [1.54, 1.807) is 23.4 Å². The standard InChI is InChI=1S/C23H23BrClN3O4S2/c1-34(30)18-5-2-15(3-6-18)20-22(33-19-7-4-17(25)14-26-19)32-21(27-20)16-8-11-28(12-9-16)23(29)31-13-10-24/h2-7,14,16H,8-13H2,1H3. The zero-order valence-corrected chi connectivity index (χ0v) is 22.4. The summed E-state index contributed by atoms with van der Waals surface area (Å²) in [7, 11) is 0. The number of hydrogen-bond acceptors (Lipinski definition) is 7. The lowest BCUT2D eigenvalue weighted by Gasteiger charge is -2.29. The number of halogens is 2. The molecule has 0 saturated carbocycles. The van der Waals surface area contributed by atoms with E-state index in [0.29, 0.717) is 46.7 Å². The molecule has 3 aromatic rings. The highest BCUT2D eigenvalue weighted by atomic mass is 79.9. The van der Waals surface area contributed by atoms with Crippen LogP contribution in [0.5, 0.6) is 0 Å². The minimum atomic E-state index is -1.06. The summed E-state index contributed by atoms with van der Waals surface area (Å²) < 4.78 is 23.3. The fourth-order valence-corrected chi connectivity index (χ4v) is 5.21. The van der Waals surface area contributed by atoms with E-state index in [2.05, 4.69) is 20.9 Å². The van der Waals surface area contributed by atoms with Gasteiger partial charge in [0.05, 0.1) is 5.02 Å². The van der Waals surface area contributed by atoms with Gasteiger partial charge in [0.15, 0.2) is 15.9 Å². The van der Waals surface area contributed by atoms with Gasteiger partial charge in [-0.2, -0.15) is 0 Å². The van der Waals surface area contributed by atoms with E-state index in [1.165, 1.54) is 11.8 Å². The van der Waals surface area contributed by atoms with Gasteiger partial charge in [-0.25, -0.2) is 14.8 Å². The van der Waals surface area contributed by atoms with Crippen molar-refractivity contribution in [2.24, 2.45) is 0 Å². The van der Waals surface area contributed by atoms with E-state index in [4.69, 9.17) is 25.7 Å². The maximum atomic E-state index is 12.1. The van der Waals surface area contributed by atoms with Gasteiger partial charge < -0.3 is 18.6 Å². The minimum Gasteiger partial charge on any atom is -0.612 e. The van der Waals surface area contributed by atoms with Crippen molar-refractivity contribution in [2.75, 3.05) is 31.3 Å². The zero-order valence-electron chi connectivity index (χ0n) is 18.4. The van der Waals surface area contributed by atoms with Gasteiger partial charge in [-0.15, -0.1) is 0 Å². The summed E-state index contributed by atoms with van der Waals surface area (Å²) >= 11 is 9.56. The second kappa shape index (κ2) is 11.8. The average Bonchev–Trinajstić information content (AvgIpc) is 3.27. The van der Waals surface area contributed by atoms with Crippen molar-refractivity contribution < 1.29 is 18.5 Å².